The van der Waals surface area contributed by atoms with Crippen LogP contribution in [0.3, 0.4) is 0 Å². The quantitative estimate of drug-likeness (QED) is 0.326. The van der Waals surface area contributed by atoms with E-state index in [1.807, 2.05) is 42.5 Å². The van der Waals surface area contributed by atoms with Gasteiger partial charge in [0.25, 0.3) is 5.91 Å². The Hall–Kier alpha value is -2.69. The number of rotatable bonds is 7. The van der Waals surface area contributed by atoms with Crippen molar-refractivity contribution in [2.75, 3.05) is 19.5 Å². The standard InChI is InChI=1S/C19H16N4O3S3/c1-25-12-7-11(8-13(9-12)26-2)10-27-19-23-22-18(29-19)21-16(24)17-20-14-5-3-4-6-15(14)28-17/h3-9H,10H2,1-2H3,(H,21,22,24). The summed E-state index contributed by atoms with van der Waals surface area (Å²) < 4.78 is 12.3. The van der Waals surface area contributed by atoms with Crippen molar-refractivity contribution in [3.63, 3.8) is 0 Å². The van der Waals surface area contributed by atoms with Gasteiger partial charge in [0.15, 0.2) is 9.35 Å². The summed E-state index contributed by atoms with van der Waals surface area (Å²) in [5.41, 5.74) is 1.85. The minimum atomic E-state index is -0.281. The van der Waals surface area contributed by atoms with Crippen LogP contribution in [0.4, 0.5) is 5.13 Å². The lowest BCUT2D eigenvalue weighted by atomic mass is 10.2. The number of benzene rings is 2. The molecule has 148 valence electrons. The van der Waals surface area contributed by atoms with E-state index in [-0.39, 0.29) is 5.91 Å². The number of aromatic nitrogens is 3. The highest BCUT2D eigenvalue weighted by Gasteiger charge is 2.15. The Morgan fingerprint density at radius 1 is 1.07 bits per heavy atom. The van der Waals surface area contributed by atoms with E-state index in [0.717, 1.165) is 31.6 Å². The smallest absolute Gasteiger partial charge is 0.286 e. The number of carbonyl (C=O) groups excluding carboxylic acids is 1. The fraction of sp³-hybridized carbons (Fsp3) is 0.158. The maximum absolute atomic E-state index is 12.5. The molecule has 2 aromatic carbocycles. The molecule has 0 saturated heterocycles. The van der Waals surface area contributed by atoms with Crippen molar-refractivity contribution in [2.24, 2.45) is 0 Å². The highest BCUT2D eigenvalue weighted by Crippen LogP contribution is 2.31. The second kappa shape index (κ2) is 8.76. The molecule has 0 atom stereocenters. The first-order valence-corrected chi connectivity index (χ1v) is 11.1. The molecule has 1 amide bonds. The molecule has 0 saturated carbocycles. The molecule has 0 unspecified atom stereocenters. The lowest BCUT2D eigenvalue weighted by Crippen LogP contribution is -2.11. The lowest BCUT2D eigenvalue weighted by molar-refractivity contribution is 0.102. The highest BCUT2D eigenvalue weighted by molar-refractivity contribution is 8.00. The van der Waals surface area contributed by atoms with Gasteiger partial charge < -0.3 is 9.47 Å². The first-order chi connectivity index (χ1) is 14.1. The molecule has 29 heavy (non-hydrogen) atoms. The predicted molar refractivity (Wildman–Crippen MR) is 117 cm³/mol. The Labute approximate surface area is 179 Å². The van der Waals surface area contributed by atoms with Crippen LogP contribution in [0.2, 0.25) is 0 Å². The van der Waals surface area contributed by atoms with Crippen LogP contribution in [-0.4, -0.2) is 35.3 Å². The van der Waals surface area contributed by atoms with Gasteiger partial charge in [0.1, 0.15) is 11.5 Å². The molecular formula is C19H16N4O3S3. The fourth-order valence-corrected chi connectivity index (χ4v) is 5.07. The van der Waals surface area contributed by atoms with Gasteiger partial charge in [-0.1, -0.05) is 35.2 Å². The van der Waals surface area contributed by atoms with Gasteiger partial charge in [-0.25, -0.2) is 4.98 Å². The molecule has 10 heteroatoms. The van der Waals surface area contributed by atoms with E-state index in [4.69, 9.17) is 9.47 Å². The molecule has 0 bridgehead atoms. The minimum Gasteiger partial charge on any atom is -0.497 e. The van der Waals surface area contributed by atoms with E-state index in [1.54, 1.807) is 14.2 Å². The van der Waals surface area contributed by atoms with Gasteiger partial charge in [0, 0.05) is 11.8 Å². The Bertz CT molecular complexity index is 1100. The zero-order valence-electron chi connectivity index (χ0n) is 15.5. The summed E-state index contributed by atoms with van der Waals surface area (Å²) in [6.45, 7) is 0. The largest absolute Gasteiger partial charge is 0.497 e. The monoisotopic (exact) mass is 444 g/mol. The van der Waals surface area contributed by atoms with Crippen molar-refractivity contribution in [1.82, 2.24) is 15.2 Å². The number of thiazole rings is 1. The summed E-state index contributed by atoms with van der Waals surface area (Å²) in [4.78, 5) is 16.8. The lowest BCUT2D eigenvalue weighted by Gasteiger charge is -2.07. The average molecular weight is 445 g/mol. The molecule has 0 aliphatic carbocycles. The molecule has 0 radical (unpaired) electrons. The topological polar surface area (TPSA) is 86.2 Å². The van der Waals surface area contributed by atoms with Crippen LogP contribution in [0.25, 0.3) is 10.2 Å². The number of anilines is 1. The van der Waals surface area contributed by atoms with Crippen LogP contribution in [0.15, 0.2) is 46.8 Å². The molecule has 2 heterocycles. The van der Waals surface area contributed by atoms with Crippen LogP contribution >= 0.6 is 34.4 Å². The second-order valence-corrected chi connectivity index (χ2v) is 9.05. The number of methoxy groups -OCH3 is 2. The molecule has 0 aliphatic heterocycles. The third-order valence-corrected chi connectivity index (χ3v) is 6.97. The first-order valence-electron chi connectivity index (χ1n) is 8.50. The number of nitrogens with zero attached hydrogens (tertiary/aromatic N) is 3. The van der Waals surface area contributed by atoms with E-state index < -0.39 is 0 Å². The molecule has 0 aliphatic rings. The third kappa shape index (κ3) is 4.66. The van der Waals surface area contributed by atoms with E-state index in [0.29, 0.717) is 15.9 Å². The van der Waals surface area contributed by atoms with Gasteiger partial charge in [-0.3, -0.25) is 10.1 Å². The Morgan fingerprint density at radius 2 is 1.83 bits per heavy atom. The van der Waals surface area contributed by atoms with Gasteiger partial charge >= 0.3 is 0 Å². The van der Waals surface area contributed by atoms with E-state index >= 15 is 0 Å². The molecule has 0 spiro atoms. The molecule has 0 fully saturated rings. The number of thioether (sulfide) groups is 1. The van der Waals surface area contributed by atoms with Gasteiger partial charge in [0.2, 0.25) is 5.13 Å². The number of hydrogen-bond donors (Lipinski definition) is 1. The van der Waals surface area contributed by atoms with Crippen LogP contribution in [0.1, 0.15) is 15.4 Å². The van der Waals surface area contributed by atoms with Crippen molar-refractivity contribution >= 4 is 55.7 Å². The predicted octanol–water partition coefficient (Wildman–Crippen LogP) is 4.71. The normalized spacial score (nSPS) is 10.8. The third-order valence-electron chi connectivity index (χ3n) is 3.89. The molecule has 2 aromatic heterocycles. The molecule has 7 nitrogen and oxygen atoms in total. The zero-order chi connectivity index (χ0) is 20.2. The van der Waals surface area contributed by atoms with Crippen LogP contribution in [0, 0.1) is 0 Å². The summed E-state index contributed by atoms with van der Waals surface area (Å²) in [5, 5.41) is 11.8. The maximum Gasteiger partial charge on any atom is 0.286 e. The number of hydrogen-bond acceptors (Lipinski definition) is 9. The number of nitrogens with one attached hydrogen (secondary N) is 1. The van der Waals surface area contributed by atoms with E-state index in [1.165, 1.54) is 34.4 Å². The average Bonchev–Trinajstić information content (AvgIpc) is 3.38. The van der Waals surface area contributed by atoms with Crippen molar-refractivity contribution < 1.29 is 14.3 Å². The number of carbonyl (C=O) groups is 1. The van der Waals surface area contributed by atoms with Gasteiger partial charge in [0.05, 0.1) is 24.4 Å². The maximum atomic E-state index is 12.5. The number of para-hydroxylation sites is 1. The summed E-state index contributed by atoms with van der Waals surface area (Å²) in [5.74, 6) is 1.87. The van der Waals surface area contributed by atoms with Crippen LogP contribution in [-0.2, 0) is 5.75 Å². The van der Waals surface area contributed by atoms with Gasteiger partial charge in [-0.2, -0.15) is 0 Å². The van der Waals surface area contributed by atoms with E-state index in [2.05, 4.69) is 20.5 Å². The Balaban J connectivity index is 1.40. The highest BCUT2D eigenvalue weighted by atomic mass is 32.2. The van der Waals surface area contributed by atoms with Gasteiger partial charge in [-0.15, -0.1) is 21.5 Å². The van der Waals surface area contributed by atoms with Crippen molar-refractivity contribution in [3.05, 3.63) is 53.0 Å². The summed E-state index contributed by atoms with van der Waals surface area (Å²) in [6, 6.07) is 13.4. The number of amides is 1. The molecule has 1 N–H and O–H groups in total. The SMILES string of the molecule is COc1cc(CSc2nnc(NC(=O)c3nc4ccccc4s3)s2)cc(OC)c1. The van der Waals surface area contributed by atoms with Crippen LogP contribution < -0.4 is 14.8 Å². The van der Waals surface area contributed by atoms with Crippen molar-refractivity contribution in [3.8, 4) is 11.5 Å². The van der Waals surface area contributed by atoms with Crippen LogP contribution in [0.5, 0.6) is 11.5 Å². The Morgan fingerprint density at radius 3 is 2.55 bits per heavy atom. The van der Waals surface area contributed by atoms with Crippen molar-refractivity contribution in [1.29, 1.82) is 0 Å². The molecular weight excluding hydrogens is 428 g/mol. The zero-order valence-corrected chi connectivity index (χ0v) is 18.0. The Kier molecular flexibility index (Phi) is 5.93. The fourth-order valence-electron chi connectivity index (χ4n) is 2.53. The van der Waals surface area contributed by atoms with Gasteiger partial charge in [-0.05, 0) is 29.8 Å². The summed E-state index contributed by atoms with van der Waals surface area (Å²) in [7, 11) is 3.24. The number of ether oxygens (including phenoxy) is 2. The minimum absolute atomic E-state index is 0.281. The first kappa shape index (κ1) is 19.6. The summed E-state index contributed by atoms with van der Waals surface area (Å²) >= 11 is 4.20. The van der Waals surface area contributed by atoms with Crippen molar-refractivity contribution in [2.45, 2.75) is 10.1 Å². The van der Waals surface area contributed by atoms with E-state index in [9.17, 15) is 4.79 Å². The summed E-state index contributed by atoms with van der Waals surface area (Å²) in [6.07, 6.45) is 0. The molecule has 4 rings (SSSR count). The second-order valence-electron chi connectivity index (χ2n) is 5.82. The molecule has 4 aromatic rings. The number of fused-ring (bicyclic) bond motifs is 1.